The van der Waals surface area contributed by atoms with Crippen molar-refractivity contribution in [2.45, 2.75) is 20.0 Å². The molecule has 0 unspecified atom stereocenters. The molecule has 0 aliphatic heterocycles. The highest BCUT2D eigenvalue weighted by Gasteiger charge is 2.37. The normalized spacial score (nSPS) is 11.5. The molecule has 2 rings (SSSR count). The van der Waals surface area contributed by atoms with Crippen LogP contribution < -0.4 is 15.2 Å². The van der Waals surface area contributed by atoms with Crippen molar-refractivity contribution < 1.29 is 22.6 Å². The first-order chi connectivity index (χ1) is 10.4. The van der Waals surface area contributed by atoms with Gasteiger partial charge in [0.1, 0.15) is 5.69 Å². The van der Waals surface area contributed by atoms with Gasteiger partial charge in [-0.2, -0.15) is 18.3 Å². The molecule has 8 heteroatoms. The fourth-order valence-electron chi connectivity index (χ4n) is 2.06. The molecule has 0 fully saturated rings. The highest BCUT2D eigenvalue weighted by molar-refractivity contribution is 5.78. The second-order valence-corrected chi connectivity index (χ2v) is 4.38. The predicted octanol–water partition coefficient (Wildman–Crippen LogP) is 3.48. The summed E-state index contributed by atoms with van der Waals surface area (Å²) in [5.74, 6) is 0.596. The summed E-state index contributed by atoms with van der Waals surface area (Å²) in [6.07, 6.45) is -4.58. The fourth-order valence-corrected chi connectivity index (χ4v) is 2.06. The number of nitrogen functional groups attached to an aromatic ring is 1. The van der Waals surface area contributed by atoms with Crippen LogP contribution in [-0.2, 0) is 6.18 Å². The van der Waals surface area contributed by atoms with Gasteiger partial charge in [-0.1, -0.05) is 6.07 Å². The van der Waals surface area contributed by atoms with Gasteiger partial charge >= 0.3 is 6.18 Å². The number of aromatic nitrogens is 2. The lowest BCUT2D eigenvalue weighted by Crippen LogP contribution is -2.07. The first kappa shape index (κ1) is 16.0. The number of benzene rings is 1. The van der Waals surface area contributed by atoms with E-state index >= 15 is 0 Å². The number of hydrogen-bond acceptors (Lipinski definition) is 4. The molecule has 0 aliphatic carbocycles. The zero-order valence-electron chi connectivity index (χ0n) is 12.1. The zero-order valence-corrected chi connectivity index (χ0v) is 12.1. The van der Waals surface area contributed by atoms with E-state index in [1.54, 1.807) is 19.9 Å². The van der Waals surface area contributed by atoms with Crippen molar-refractivity contribution in [3.05, 3.63) is 23.9 Å². The number of ether oxygens (including phenoxy) is 2. The van der Waals surface area contributed by atoms with Gasteiger partial charge in [0, 0.05) is 0 Å². The molecule has 0 spiro atoms. The zero-order chi connectivity index (χ0) is 16.3. The van der Waals surface area contributed by atoms with Gasteiger partial charge in [-0.15, -0.1) is 0 Å². The van der Waals surface area contributed by atoms with Crippen LogP contribution in [-0.4, -0.2) is 23.4 Å². The molecule has 1 aromatic heterocycles. The van der Waals surface area contributed by atoms with Crippen LogP contribution in [0.3, 0.4) is 0 Å². The average Bonchev–Trinajstić information content (AvgIpc) is 2.83. The van der Waals surface area contributed by atoms with Crippen LogP contribution in [0.2, 0.25) is 0 Å². The minimum atomic E-state index is -4.58. The Bertz CT molecular complexity index is 653. The lowest BCUT2D eigenvalue weighted by Gasteiger charge is -2.13. The Morgan fingerprint density at radius 1 is 1.14 bits per heavy atom. The van der Waals surface area contributed by atoms with E-state index in [1.807, 2.05) is 5.10 Å². The third-order valence-electron chi connectivity index (χ3n) is 2.91. The third kappa shape index (κ3) is 3.10. The molecule has 120 valence electrons. The van der Waals surface area contributed by atoms with Crippen molar-refractivity contribution in [2.75, 3.05) is 18.9 Å². The Morgan fingerprint density at radius 2 is 1.77 bits per heavy atom. The molecule has 1 aromatic carbocycles. The van der Waals surface area contributed by atoms with Crippen LogP contribution in [0, 0.1) is 0 Å². The van der Waals surface area contributed by atoms with E-state index < -0.39 is 11.9 Å². The molecular formula is C14H16F3N3O2. The number of alkyl halides is 3. The van der Waals surface area contributed by atoms with E-state index in [4.69, 9.17) is 15.2 Å². The summed E-state index contributed by atoms with van der Waals surface area (Å²) in [5.41, 5.74) is 4.64. The summed E-state index contributed by atoms with van der Waals surface area (Å²) >= 11 is 0. The van der Waals surface area contributed by atoms with Crippen LogP contribution in [0.1, 0.15) is 19.5 Å². The standard InChI is InChI=1S/C14H16F3N3O2/c1-3-21-9-6-5-8(7-10(9)22-4-2)11-12(14(15,16)17)19-20-13(11)18/h5-7H,3-4H2,1-2H3,(H3,18,19,20). The Balaban J connectivity index is 2.54. The van der Waals surface area contributed by atoms with E-state index in [9.17, 15) is 13.2 Å². The maximum absolute atomic E-state index is 13.0. The number of nitrogens with zero attached hydrogens (tertiary/aromatic N) is 1. The molecule has 2 aromatic rings. The number of hydrogen-bond donors (Lipinski definition) is 2. The van der Waals surface area contributed by atoms with Crippen LogP contribution in [0.5, 0.6) is 11.5 Å². The summed E-state index contributed by atoms with van der Waals surface area (Å²) in [6.45, 7) is 4.35. The summed E-state index contributed by atoms with van der Waals surface area (Å²) in [5, 5.41) is 5.39. The molecule has 1 heterocycles. The minimum absolute atomic E-state index is 0.198. The number of aromatic amines is 1. The molecule has 0 atom stereocenters. The summed E-state index contributed by atoms with van der Waals surface area (Å²) in [4.78, 5) is 0. The molecule has 0 saturated carbocycles. The first-order valence-electron chi connectivity index (χ1n) is 6.69. The van der Waals surface area contributed by atoms with Crippen molar-refractivity contribution in [2.24, 2.45) is 0 Å². The number of nitrogens with two attached hydrogens (primary N) is 1. The molecule has 0 radical (unpaired) electrons. The van der Waals surface area contributed by atoms with Crippen LogP contribution >= 0.6 is 0 Å². The second kappa shape index (κ2) is 6.17. The smallest absolute Gasteiger partial charge is 0.433 e. The van der Waals surface area contributed by atoms with Crippen molar-refractivity contribution >= 4 is 5.82 Å². The minimum Gasteiger partial charge on any atom is -0.490 e. The monoisotopic (exact) mass is 315 g/mol. The Labute approximate surface area is 125 Å². The van der Waals surface area contributed by atoms with Gasteiger partial charge < -0.3 is 15.2 Å². The van der Waals surface area contributed by atoms with Gasteiger partial charge in [-0.3, -0.25) is 5.10 Å². The predicted molar refractivity (Wildman–Crippen MR) is 75.8 cm³/mol. The number of H-pyrrole nitrogens is 1. The van der Waals surface area contributed by atoms with Gasteiger partial charge in [-0.05, 0) is 31.5 Å². The quantitative estimate of drug-likeness (QED) is 0.886. The number of anilines is 1. The lowest BCUT2D eigenvalue weighted by molar-refractivity contribution is -0.140. The van der Waals surface area contributed by atoms with Crippen molar-refractivity contribution in [3.63, 3.8) is 0 Å². The molecule has 0 amide bonds. The number of nitrogens with one attached hydrogen (secondary N) is 1. The maximum atomic E-state index is 13.0. The summed E-state index contributed by atoms with van der Waals surface area (Å²) in [7, 11) is 0. The topological polar surface area (TPSA) is 73.2 Å². The maximum Gasteiger partial charge on any atom is 0.433 e. The average molecular weight is 315 g/mol. The van der Waals surface area contributed by atoms with E-state index in [0.717, 1.165) is 0 Å². The molecule has 5 nitrogen and oxygen atoms in total. The number of rotatable bonds is 5. The summed E-state index contributed by atoms with van der Waals surface area (Å²) < 4.78 is 49.8. The highest BCUT2D eigenvalue weighted by atomic mass is 19.4. The molecule has 22 heavy (non-hydrogen) atoms. The van der Waals surface area contributed by atoms with Crippen molar-refractivity contribution in [1.29, 1.82) is 0 Å². The Morgan fingerprint density at radius 3 is 2.36 bits per heavy atom. The SMILES string of the molecule is CCOc1ccc(-c2c(N)n[nH]c2C(F)(F)F)cc1OCC. The number of halogens is 3. The molecule has 0 saturated heterocycles. The lowest BCUT2D eigenvalue weighted by atomic mass is 10.0. The van der Waals surface area contributed by atoms with Crippen molar-refractivity contribution in [3.8, 4) is 22.6 Å². The van der Waals surface area contributed by atoms with Crippen LogP contribution in [0.25, 0.3) is 11.1 Å². The molecular weight excluding hydrogens is 299 g/mol. The highest BCUT2D eigenvalue weighted by Crippen LogP contribution is 2.41. The summed E-state index contributed by atoms with van der Waals surface area (Å²) in [6, 6.07) is 4.51. The van der Waals surface area contributed by atoms with E-state index in [0.29, 0.717) is 24.7 Å². The van der Waals surface area contributed by atoms with Gasteiger partial charge in [0.25, 0.3) is 0 Å². The third-order valence-corrected chi connectivity index (χ3v) is 2.91. The van der Waals surface area contributed by atoms with Gasteiger partial charge in [0.2, 0.25) is 0 Å². The van der Waals surface area contributed by atoms with Gasteiger partial charge in [0.15, 0.2) is 17.3 Å². The van der Waals surface area contributed by atoms with Gasteiger partial charge in [-0.25, -0.2) is 0 Å². The van der Waals surface area contributed by atoms with Gasteiger partial charge in [0.05, 0.1) is 18.8 Å². The molecule has 3 N–H and O–H groups in total. The Kier molecular flexibility index (Phi) is 4.48. The largest absolute Gasteiger partial charge is 0.490 e. The van der Waals surface area contributed by atoms with Crippen LogP contribution in [0.4, 0.5) is 19.0 Å². The fraction of sp³-hybridized carbons (Fsp3) is 0.357. The second-order valence-electron chi connectivity index (χ2n) is 4.38. The first-order valence-corrected chi connectivity index (χ1v) is 6.69. The van der Waals surface area contributed by atoms with E-state index in [-0.39, 0.29) is 16.9 Å². The van der Waals surface area contributed by atoms with Crippen molar-refractivity contribution in [1.82, 2.24) is 10.2 Å². The van der Waals surface area contributed by atoms with E-state index in [2.05, 4.69) is 5.10 Å². The van der Waals surface area contributed by atoms with Crippen LogP contribution in [0.15, 0.2) is 18.2 Å². The molecule has 0 aliphatic rings. The Hall–Kier alpha value is -2.38. The van der Waals surface area contributed by atoms with E-state index in [1.165, 1.54) is 12.1 Å². The molecule has 0 bridgehead atoms.